The van der Waals surface area contributed by atoms with Gasteiger partial charge in [0.05, 0.1) is 0 Å². The molecule has 4 rings (SSSR count). The summed E-state index contributed by atoms with van der Waals surface area (Å²) in [6.45, 7) is 2.03. The third-order valence-electron chi connectivity index (χ3n) is 5.33. The molecular formula is C16H23N3OS. The Morgan fingerprint density at radius 1 is 1.43 bits per heavy atom. The highest BCUT2D eigenvalue weighted by Crippen LogP contribution is 2.46. The van der Waals surface area contributed by atoms with E-state index in [1.54, 1.807) is 11.3 Å². The Hall–Kier alpha value is -0.910. The largest absolute Gasteiger partial charge is 0.320 e. The van der Waals surface area contributed by atoms with Gasteiger partial charge in [-0.15, -0.1) is 0 Å². The number of carbonyl (C=O) groups excluding carboxylic acids is 1. The molecule has 1 aromatic rings. The average Bonchev–Trinajstić information content (AvgIpc) is 2.96. The van der Waals surface area contributed by atoms with Crippen LogP contribution in [0.4, 0.5) is 0 Å². The first-order chi connectivity index (χ1) is 10.2. The SMILES string of the molecule is CN1CCCCC1CN1C(=O)C2(CC2)NC1c1ccsc1. The summed E-state index contributed by atoms with van der Waals surface area (Å²) in [6.07, 6.45) is 5.88. The standard InChI is InChI=1S/C16H23N3OS/c1-18-8-3-2-4-13(18)10-19-14(12-5-9-21-11-12)17-16(6-7-16)15(19)20/h5,9,11,13-14,17H,2-4,6-8,10H2,1H3. The van der Waals surface area contributed by atoms with Gasteiger partial charge in [0.2, 0.25) is 5.91 Å². The lowest BCUT2D eigenvalue weighted by molar-refractivity contribution is -0.131. The molecule has 1 aromatic heterocycles. The maximum absolute atomic E-state index is 12.8. The van der Waals surface area contributed by atoms with Gasteiger partial charge in [-0.1, -0.05) is 6.42 Å². The zero-order valence-electron chi connectivity index (χ0n) is 12.5. The van der Waals surface area contributed by atoms with Crippen LogP contribution in [0.5, 0.6) is 0 Å². The number of carbonyl (C=O) groups is 1. The van der Waals surface area contributed by atoms with Gasteiger partial charge in [-0.05, 0) is 61.7 Å². The smallest absolute Gasteiger partial charge is 0.244 e. The second-order valence-corrected chi connectivity index (χ2v) is 7.55. The minimum Gasteiger partial charge on any atom is -0.320 e. The van der Waals surface area contributed by atoms with E-state index < -0.39 is 0 Å². The molecule has 1 aliphatic carbocycles. The Balaban J connectivity index is 1.56. The van der Waals surface area contributed by atoms with E-state index in [1.165, 1.54) is 24.8 Å². The molecule has 2 aliphatic heterocycles. The number of hydrogen-bond donors (Lipinski definition) is 1. The average molecular weight is 305 g/mol. The molecule has 114 valence electrons. The molecule has 5 heteroatoms. The lowest BCUT2D eigenvalue weighted by Crippen LogP contribution is -2.46. The van der Waals surface area contributed by atoms with Gasteiger partial charge < -0.3 is 9.80 Å². The highest BCUT2D eigenvalue weighted by molar-refractivity contribution is 7.07. The number of rotatable bonds is 3. The molecule has 3 aliphatic rings. The summed E-state index contributed by atoms with van der Waals surface area (Å²) in [5.74, 6) is 0.331. The minimum absolute atomic E-state index is 0.0848. The second-order valence-electron chi connectivity index (χ2n) is 6.77. The summed E-state index contributed by atoms with van der Waals surface area (Å²) in [5.41, 5.74) is 1.02. The van der Waals surface area contributed by atoms with Gasteiger partial charge in [-0.2, -0.15) is 11.3 Å². The van der Waals surface area contributed by atoms with Crippen LogP contribution in [-0.4, -0.2) is 47.4 Å². The number of nitrogens with one attached hydrogen (secondary N) is 1. The third kappa shape index (κ3) is 2.31. The van der Waals surface area contributed by atoms with E-state index in [9.17, 15) is 4.79 Å². The minimum atomic E-state index is -0.222. The number of amides is 1. The van der Waals surface area contributed by atoms with Crippen LogP contribution in [0, 0.1) is 0 Å². The van der Waals surface area contributed by atoms with Gasteiger partial charge in [-0.3, -0.25) is 10.1 Å². The molecule has 1 saturated carbocycles. The highest BCUT2D eigenvalue weighted by Gasteiger charge is 2.59. The lowest BCUT2D eigenvalue weighted by Gasteiger charge is -2.36. The van der Waals surface area contributed by atoms with E-state index in [2.05, 4.69) is 39.0 Å². The second kappa shape index (κ2) is 5.07. The monoisotopic (exact) mass is 305 g/mol. The van der Waals surface area contributed by atoms with Crippen molar-refractivity contribution in [3.63, 3.8) is 0 Å². The quantitative estimate of drug-likeness (QED) is 0.930. The first-order valence-corrected chi connectivity index (χ1v) is 8.95. The van der Waals surface area contributed by atoms with Crippen LogP contribution in [-0.2, 0) is 4.79 Å². The van der Waals surface area contributed by atoms with Gasteiger partial charge in [-0.25, -0.2) is 0 Å². The summed E-state index contributed by atoms with van der Waals surface area (Å²) in [7, 11) is 2.20. The van der Waals surface area contributed by atoms with Crippen molar-refractivity contribution in [2.24, 2.45) is 0 Å². The molecule has 1 amide bonds. The summed E-state index contributed by atoms with van der Waals surface area (Å²) in [6, 6.07) is 2.66. The fourth-order valence-electron chi connectivity index (χ4n) is 3.76. The van der Waals surface area contributed by atoms with Crippen LogP contribution in [0.1, 0.15) is 43.8 Å². The van der Waals surface area contributed by atoms with Crippen LogP contribution in [0.2, 0.25) is 0 Å². The van der Waals surface area contributed by atoms with Gasteiger partial charge in [0.1, 0.15) is 11.7 Å². The molecule has 21 heavy (non-hydrogen) atoms. The van der Waals surface area contributed by atoms with Crippen molar-refractivity contribution in [2.75, 3.05) is 20.1 Å². The summed E-state index contributed by atoms with van der Waals surface area (Å²) < 4.78 is 0. The Bertz CT molecular complexity index is 526. The maximum Gasteiger partial charge on any atom is 0.244 e. The first kappa shape index (κ1) is 13.7. The predicted molar refractivity (Wildman–Crippen MR) is 84.1 cm³/mol. The first-order valence-electron chi connectivity index (χ1n) is 8.01. The maximum atomic E-state index is 12.8. The van der Waals surface area contributed by atoms with Crippen LogP contribution in [0.3, 0.4) is 0 Å². The molecule has 2 unspecified atom stereocenters. The molecule has 3 heterocycles. The molecular weight excluding hydrogens is 282 g/mol. The number of thiophene rings is 1. The van der Waals surface area contributed by atoms with Crippen molar-refractivity contribution in [1.82, 2.24) is 15.1 Å². The molecule has 1 spiro atoms. The van der Waals surface area contributed by atoms with Crippen LogP contribution >= 0.6 is 11.3 Å². The molecule has 2 atom stereocenters. The molecule has 0 aromatic carbocycles. The predicted octanol–water partition coefficient (Wildman–Crippen LogP) is 2.20. The van der Waals surface area contributed by atoms with Crippen LogP contribution in [0.25, 0.3) is 0 Å². The molecule has 0 bridgehead atoms. The van der Waals surface area contributed by atoms with Crippen molar-refractivity contribution in [1.29, 1.82) is 0 Å². The zero-order valence-corrected chi connectivity index (χ0v) is 13.4. The van der Waals surface area contributed by atoms with E-state index in [0.717, 1.165) is 25.9 Å². The Morgan fingerprint density at radius 2 is 2.29 bits per heavy atom. The van der Waals surface area contributed by atoms with Crippen molar-refractivity contribution in [2.45, 2.75) is 49.9 Å². The van der Waals surface area contributed by atoms with Gasteiger partial charge in [0, 0.05) is 12.6 Å². The fourth-order valence-corrected chi connectivity index (χ4v) is 4.44. The summed E-state index contributed by atoms with van der Waals surface area (Å²) in [5, 5.41) is 7.88. The van der Waals surface area contributed by atoms with E-state index in [1.807, 2.05) is 0 Å². The van der Waals surface area contributed by atoms with Crippen molar-refractivity contribution >= 4 is 17.2 Å². The van der Waals surface area contributed by atoms with E-state index in [0.29, 0.717) is 11.9 Å². The van der Waals surface area contributed by atoms with Gasteiger partial charge >= 0.3 is 0 Å². The fraction of sp³-hybridized carbons (Fsp3) is 0.688. The van der Waals surface area contributed by atoms with E-state index >= 15 is 0 Å². The topological polar surface area (TPSA) is 35.6 Å². The van der Waals surface area contributed by atoms with Gasteiger partial charge in [0.25, 0.3) is 0 Å². The third-order valence-corrected chi connectivity index (χ3v) is 6.03. The van der Waals surface area contributed by atoms with Crippen LogP contribution < -0.4 is 5.32 Å². The lowest BCUT2D eigenvalue weighted by atomic mass is 10.0. The number of likely N-dealkylation sites (tertiary alicyclic amines) is 1. The number of nitrogens with zero attached hydrogens (tertiary/aromatic N) is 2. The number of likely N-dealkylation sites (N-methyl/N-ethyl adjacent to an activating group) is 1. The normalized spacial score (nSPS) is 32.0. The summed E-state index contributed by atoms with van der Waals surface area (Å²) >= 11 is 1.71. The summed E-state index contributed by atoms with van der Waals surface area (Å²) in [4.78, 5) is 17.4. The van der Waals surface area contributed by atoms with Crippen molar-refractivity contribution < 1.29 is 4.79 Å². The highest BCUT2D eigenvalue weighted by atomic mass is 32.1. The van der Waals surface area contributed by atoms with Crippen molar-refractivity contribution in [3.05, 3.63) is 22.4 Å². The molecule has 2 saturated heterocycles. The number of hydrogen-bond acceptors (Lipinski definition) is 4. The van der Waals surface area contributed by atoms with E-state index in [-0.39, 0.29) is 11.7 Å². The van der Waals surface area contributed by atoms with E-state index in [4.69, 9.17) is 0 Å². The Morgan fingerprint density at radius 3 is 2.95 bits per heavy atom. The Labute approximate surface area is 130 Å². The van der Waals surface area contributed by atoms with Crippen molar-refractivity contribution in [3.8, 4) is 0 Å². The number of piperidine rings is 1. The zero-order chi connectivity index (χ0) is 14.4. The van der Waals surface area contributed by atoms with Gasteiger partial charge in [0.15, 0.2) is 0 Å². The van der Waals surface area contributed by atoms with Crippen LogP contribution in [0.15, 0.2) is 16.8 Å². The molecule has 3 fully saturated rings. The Kier molecular flexibility index (Phi) is 3.32. The molecule has 1 N–H and O–H groups in total. The molecule has 4 nitrogen and oxygen atoms in total. The molecule has 0 radical (unpaired) electrons.